The molecule has 4 amide bonds. The molecule has 18 heteroatoms. The number of sulfonamides is 1. The van der Waals surface area contributed by atoms with Gasteiger partial charge in [-0.25, -0.2) is 17.6 Å². The maximum atomic E-state index is 14.8. The van der Waals surface area contributed by atoms with Crippen molar-refractivity contribution in [1.29, 1.82) is 0 Å². The molecule has 3 N–H and O–H groups in total. The Bertz CT molecular complexity index is 2040. The highest BCUT2D eigenvalue weighted by Gasteiger charge is 2.64. The predicted molar refractivity (Wildman–Crippen MR) is 203 cm³/mol. The van der Waals surface area contributed by atoms with Crippen molar-refractivity contribution in [3.63, 3.8) is 0 Å². The molecule has 0 radical (unpaired) electrons. The van der Waals surface area contributed by atoms with E-state index in [1.807, 2.05) is 19.9 Å². The molecule has 1 aromatic carbocycles. The van der Waals surface area contributed by atoms with Crippen LogP contribution in [0.25, 0.3) is 10.8 Å². The van der Waals surface area contributed by atoms with Crippen LogP contribution in [-0.2, 0) is 33.9 Å². The number of alkyl halides is 1. The molecular formula is C39H50FN5O11S. The van der Waals surface area contributed by atoms with Gasteiger partial charge in [-0.2, -0.15) is 4.98 Å². The summed E-state index contributed by atoms with van der Waals surface area (Å²) in [6.07, 6.45) is 3.73. The number of alkyl carbamates (subject to hydrolysis) is 1. The first kappa shape index (κ1) is 40.5. The lowest BCUT2D eigenvalue weighted by Gasteiger charge is -2.33. The molecule has 3 aliphatic heterocycles. The number of amides is 4. The molecule has 0 unspecified atom stereocenters. The fourth-order valence-corrected chi connectivity index (χ4v) is 9.43. The number of aromatic nitrogens is 1. The largest absolute Gasteiger partial charge is 0.497 e. The second kappa shape index (κ2) is 15.9. The van der Waals surface area contributed by atoms with Crippen LogP contribution in [-0.4, -0.2) is 117 Å². The minimum absolute atomic E-state index is 0.0447. The van der Waals surface area contributed by atoms with Crippen molar-refractivity contribution >= 4 is 44.6 Å². The van der Waals surface area contributed by atoms with Crippen LogP contribution < -0.4 is 29.6 Å². The van der Waals surface area contributed by atoms with Crippen molar-refractivity contribution in [1.82, 2.24) is 25.2 Å². The van der Waals surface area contributed by atoms with E-state index >= 15 is 0 Å². The third-order valence-corrected chi connectivity index (χ3v) is 14.0. The minimum Gasteiger partial charge on any atom is -0.497 e. The van der Waals surface area contributed by atoms with E-state index < -0.39 is 86.9 Å². The van der Waals surface area contributed by atoms with Gasteiger partial charge in [-0.3, -0.25) is 19.1 Å². The van der Waals surface area contributed by atoms with Crippen molar-refractivity contribution in [3.8, 4) is 17.5 Å². The number of allylic oxidation sites excluding steroid dienone is 1. The van der Waals surface area contributed by atoms with Crippen LogP contribution in [0.1, 0.15) is 58.8 Å². The Hall–Kier alpha value is -4.71. The number of pyridine rings is 1. The molecule has 2 aliphatic carbocycles. The zero-order valence-electron chi connectivity index (χ0n) is 32.5. The minimum atomic E-state index is -4.40. The van der Waals surface area contributed by atoms with Gasteiger partial charge in [0, 0.05) is 23.8 Å². The Balaban J connectivity index is 1.22. The number of rotatable bonds is 10. The van der Waals surface area contributed by atoms with E-state index in [1.165, 1.54) is 12.0 Å². The number of nitrogens with zero attached hydrogens (tertiary/aromatic N) is 2. The Morgan fingerprint density at radius 1 is 1.09 bits per heavy atom. The molecule has 1 aromatic heterocycles. The number of methoxy groups -OCH3 is 2. The number of hydrogen-bond donors (Lipinski definition) is 3. The van der Waals surface area contributed by atoms with E-state index in [1.54, 1.807) is 37.5 Å². The summed E-state index contributed by atoms with van der Waals surface area (Å²) >= 11 is 0. The lowest BCUT2D eigenvalue weighted by molar-refractivity contribution is -0.142. The summed E-state index contributed by atoms with van der Waals surface area (Å²) in [5.41, 5.74) is -1.67. The molecule has 2 saturated carbocycles. The van der Waals surface area contributed by atoms with Crippen LogP contribution in [0.15, 0.2) is 36.4 Å². The summed E-state index contributed by atoms with van der Waals surface area (Å²) in [5, 5.41) is 6.91. The highest BCUT2D eigenvalue weighted by atomic mass is 32.2. The second-order valence-corrected chi connectivity index (χ2v) is 18.1. The van der Waals surface area contributed by atoms with Gasteiger partial charge in [0.05, 0.1) is 34.0 Å². The third kappa shape index (κ3) is 8.20. The van der Waals surface area contributed by atoms with Crippen molar-refractivity contribution in [2.45, 2.75) is 93.4 Å². The number of hydrogen-bond acceptors (Lipinski definition) is 12. The first-order valence-corrected chi connectivity index (χ1v) is 20.9. The Morgan fingerprint density at radius 2 is 1.86 bits per heavy atom. The van der Waals surface area contributed by atoms with Crippen molar-refractivity contribution in [3.05, 3.63) is 36.4 Å². The Labute approximate surface area is 330 Å². The van der Waals surface area contributed by atoms with E-state index in [0.29, 0.717) is 35.8 Å². The zero-order chi connectivity index (χ0) is 40.7. The number of ether oxygens (including phenoxy) is 5. The molecule has 310 valence electrons. The fraction of sp³-hybridized carbons (Fsp3) is 0.615. The van der Waals surface area contributed by atoms with Crippen LogP contribution in [0.4, 0.5) is 9.18 Å². The van der Waals surface area contributed by atoms with Crippen LogP contribution in [0, 0.1) is 17.8 Å². The average molecular weight is 816 g/mol. The van der Waals surface area contributed by atoms with Gasteiger partial charge in [-0.05, 0) is 73.9 Å². The van der Waals surface area contributed by atoms with Crippen LogP contribution >= 0.6 is 0 Å². The maximum Gasteiger partial charge on any atom is 0.408 e. The first-order chi connectivity index (χ1) is 27.2. The van der Waals surface area contributed by atoms with Crippen molar-refractivity contribution in [2.75, 3.05) is 40.7 Å². The molecule has 7 rings (SSSR count). The van der Waals surface area contributed by atoms with Gasteiger partial charge >= 0.3 is 6.09 Å². The highest BCUT2D eigenvalue weighted by Crippen LogP contribution is 2.48. The molecule has 0 bridgehead atoms. The SMILES string of the molecule is COc1ccc2c(O[C@@H]3C[C@H]4C(=O)N[C@]5(C(=O)NS(=O)(=O)C6(CF)CC6)C[C@H]5C=CCC[C@@H](C)C[C@@H](C)[C@H](NC(=O)OC5COC5)C(=O)N4C3)nc(OC)cc2c1. The topological polar surface area (TPSA) is 201 Å². The summed E-state index contributed by atoms with van der Waals surface area (Å²) in [6.45, 7) is 3.14. The molecule has 4 heterocycles. The smallest absolute Gasteiger partial charge is 0.408 e. The quantitative estimate of drug-likeness (QED) is 0.297. The average Bonchev–Trinajstić information content (AvgIpc) is 4.07. The number of halogens is 1. The number of carbonyl (C=O) groups is 4. The monoisotopic (exact) mass is 815 g/mol. The van der Waals surface area contributed by atoms with Gasteiger partial charge in [0.2, 0.25) is 33.6 Å². The lowest BCUT2D eigenvalue weighted by Crippen LogP contribution is -2.59. The van der Waals surface area contributed by atoms with Gasteiger partial charge in [0.25, 0.3) is 5.91 Å². The zero-order valence-corrected chi connectivity index (χ0v) is 33.3. The summed E-state index contributed by atoms with van der Waals surface area (Å²) in [6, 6.07) is 4.70. The molecule has 16 nitrogen and oxygen atoms in total. The second-order valence-electron chi connectivity index (χ2n) is 16.1. The molecule has 0 spiro atoms. The van der Waals surface area contributed by atoms with Gasteiger partial charge in [-0.15, -0.1) is 0 Å². The predicted octanol–water partition coefficient (Wildman–Crippen LogP) is 2.93. The molecule has 5 aliphatic rings. The first-order valence-electron chi connectivity index (χ1n) is 19.4. The Kier molecular flexibility index (Phi) is 11.3. The van der Waals surface area contributed by atoms with Crippen molar-refractivity contribution < 1.29 is 55.7 Å². The fourth-order valence-electron chi connectivity index (χ4n) is 8.01. The van der Waals surface area contributed by atoms with E-state index in [0.717, 1.165) is 0 Å². The van der Waals surface area contributed by atoms with Gasteiger partial charge in [0.15, 0.2) is 6.10 Å². The number of fused-ring (bicyclic) bond motifs is 3. The maximum absolute atomic E-state index is 14.8. The van der Waals surface area contributed by atoms with E-state index in [9.17, 15) is 32.0 Å². The number of carbonyl (C=O) groups excluding carboxylic acids is 4. The van der Waals surface area contributed by atoms with E-state index in [-0.39, 0.29) is 63.1 Å². The third-order valence-electron chi connectivity index (χ3n) is 11.9. The molecule has 2 aromatic rings. The molecule has 57 heavy (non-hydrogen) atoms. The van der Waals surface area contributed by atoms with Crippen LogP contribution in [0.3, 0.4) is 0 Å². The standard InChI is InChI=1S/C39H50FN5O11S/c1-22-7-5-6-8-25-17-39(25,36(48)44-57(50,51)38(21-40)11-12-38)43-33(46)30-16-27(55-34-29-10-9-26(52-3)14-24(29)15-31(41-34)53-4)18-45(30)35(47)32(23(2)13-22)42-37(49)56-28-19-54-20-28/h6,8-10,14-15,22-23,25,27-28,30,32H,5,7,11-13,16-21H2,1-4H3,(H,42,49)(H,43,46)(H,44,48)/t22-,23-,25-,27-,30+,32+,39-/m1/s1. The summed E-state index contributed by atoms with van der Waals surface area (Å²) in [5.74, 6) is -2.06. The normalized spacial score (nSPS) is 30.0. The van der Waals surface area contributed by atoms with E-state index in [2.05, 4.69) is 20.3 Å². The van der Waals surface area contributed by atoms with E-state index in [4.69, 9.17) is 23.7 Å². The van der Waals surface area contributed by atoms with Crippen molar-refractivity contribution in [2.24, 2.45) is 17.8 Å². The summed E-state index contributed by atoms with van der Waals surface area (Å²) in [4.78, 5) is 62.3. The summed E-state index contributed by atoms with van der Waals surface area (Å²) < 4.78 is 68.6. The molecular weight excluding hydrogens is 766 g/mol. The van der Waals surface area contributed by atoms with Gasteiger partial charge in [-0.1, -0.05) is 26.0 Å². The number of nitrogens with one attached hydrogen (secondary N) is 3. The lowest BCUT2D eigenvalue weighted by atomic mass is 9.88. The van der Waals surface area contributed by atoms with Gasteiger partial charge < -0.3 is 39.2 Å². The molecule has 4 fully saturated rings. The Morgan fingerprint density at radius 3 is 2.53 bits per heavy atom. The summed E-state index contributed by atoms with van der Waals surface area (Å²) in [7, 11) is -1.39. The molecule has 2 saturated heterocycles. The molecule has 7 atom stereocenters. The van der Waals surface area contributed by atoms with Crippen LogP contribution in [0.5, 0.6) is 17.5 Å². The highest BCUT2D eigenvalue weighted by molar-refractivity contribution is 7.91. The van der Waals surface area contributed by atoms with Crippen LogP contribution in [0.2, 0.25) is 0 Å². The number of benzene rings is 1. The van der Waals surface area contributed by atoms with Gasteiger partial charge in [0.1, 0.15) is 40.9 Å².